The van der Waals surface area contributed by atoms with Crippen LogP contribution in [0.2, 0.25) is 0 Å². The summed E-state index contributed by atoms with van der Waals surface area (Å²) >= 11 is 0. The third-order valence-electron chi connectivity index (χ3n) is 3.77. The van der Waals surface area contributed by atoms with Crippen LogP contribution >= 0.6 is 0 Å². The Morgan fingerprint density at radius 2 is 2.00 bits per heavy atom. The zero-order chi connectivity index (χ0) is 18.2. The van der Waals surface area contributed by atoms with E-state index >= 15 is 0 Å². The fourth-order valence-electron chi connectivity index (χ4n) is 2.67. The van der Waals surface area contributed by atoms with Crippen LogP contribution in [0, 0.1) is 6.92 Å². The molecule has 2 heterocycles. The van der Waals surface area contributed by atoms with Crippen molar-refractivity contribution in [2.45, 2.75) is 26.1 Å². The molecule has 1 aromatic carbocycles. The van der Waals surface area contributed by atoms with Crippen molar-refractivity contribution in [2.24, 2.45) is 0 Å². The molecule has 0 saturated heterocycles. The van der Waals surface area contributed by atoms with Gasteiger partial charge in [0.1, 0.15) is 18.1 Å². The largest absolute Gasteiger partial charge is 0.463 e. The predicted molar refractivity (Wildman–Crippen MR) is 82.7 cm³/mol. The third kappa shape index (κ3) is 3.09. The molecule has 1 aromatic heterocycles. The number of nitrogens with zero attached hydrogens (tertiary/aromatic N) is 3. The highest BCUT2D eigenvalue weighted by molar-refractivity contribution is 5.92. The van der Waals surface area contributed by atoms with Crippen molar-refractivity contribution < 1.29 is 22.7 Å². The normalized spacial score (nSPS) is 17.1. The molecule has 6 nitrogen and oxygen atoms in total. The van der Waals surface area contributed by atoms with E-state index in [2.05, 4.69) is 15.4 Å². The summed E-state index contributed by atoms with van der Waals surface area (Å²) in [5.41, 5.74) is -0.314. The summed E-state index contributed by atoms with van der Waals surface area (Å²) in [6.45, 7) is 3.35. The second-order valence-corrected chi connectivity index (χ2v) is 5.47. The summed E-state index contributed by atoms with van der Waals surface area (Å²) in [4.78, 5) is 16.2. The van der Waals surface area contributed by atoms with Crippen LogP contribution in [0.15, 0.2) is 41.9 Å². The molecule has 0 spiro atoms. The molecule has 0 amide bonds. The minimum absolute atomic E-state index is 0.0434. The first-order valence-corrected chi connectivity index (χ1v) is 7.54. The van der Waals surface area contributed by atoms with Crippen LogP contribution in [0.4, 0.5) is 19.1 Å². The van der Waals surface area contributed by atoms with Gasteiger partial charge < -0.3 is 10.1 Å². The summed E-state index contributed by atoms with van der Waals surface area (Å²) in [5, 5.41) is 6.14. The Balaban J connectivity index is 2.24. The predicted octanol–water partition coefficient (Wildman–Crippen LogP) is 2.98. The number of hydrogen-bond donors (Lipinski definition) is 1. The van der Waals surface area contributed by atoms with Gasteiger partial charge in [0.2, 0.25) is 5.95 Å². The number of halogens is 3. The van der Waals surface area contributed by atoms with Crippen molar-refractivity contribution >= 4 is 11.9 Å². The van der Waals surface area contributed by atoms with E-state index in [-0.39, 0.29) is 12.6 Å². The molecule has 132 valence electrons. The number of benzene rings is 1. The number of hydrogen-bond acceptors (Lipinski definition) is 5. The van der Waals surface area contributed by atoms with Gasteiger partial charge in [-0.1, -0.05) is 29.8 Å². The molecule has 0 aliphatic carbocycles. The Kier molecular flexibility index (Phi) is 4.23. The van der Waals surface area contributed by atoms with Crippen molar-refractivity contribution in [3.63, 3.8) is 0 Å². The minimum atomic E-state index is -4.78. The highest BCUT2D eigenvalue weighted by atomic mass is 19.4. The summed E-state index contributed by atoms with van der Waals surface area (Å²) in [5.74, 6) is -1.14. The third-order valence-corrected chi connectivity index (χ3v) is 3.77. The van der Waals surface area contributed by atoms with E-state index < -0.39 is 29.5 Å². The molecule has 9 heteroatoms. The number of carbonyl (C=O) groups excluding carboxylic acids is 1. The number of allylic oxidation sites excluding steroid dienone is 1. The fourth-order valence-corrected chi connectivity index (χ4v) is 2.67. The summed E-state index contributed by atoms with van der Waals surface area (Å²) in [6, 6.07) is 5.73. The van der Waals surface area contributed by atoms with Crippen molar-refractivity contribution in [1.29, 1.82) is 0 Å². The van der Waals surface area contributed by atoms with Gasteiger partial charge >= 0.3 is 12.1 Å². The molecule has 1 aliphatic rings. The van der Waals surface area contributed by atoms with Gasteiger partial charge in [-0.15, -0.1) is 0 Å². The molecule has 1 N–H and O–H groups in total. The fraction of sp³-hybridized carbons (Fsp3) is 0.312. The molecule has 0 radical (unpaired) electrons. The summed E-state index contributed by atoms with van der Waals surface area (Å²) in [7, 11) is 0. The van der Waals surface area contributed by atoms with Crippen LogP contribution < -0.4 is 5.32 Å². The molecule has 3 rings (SSSR count). The van der Waals surface area contributed by atoms with Crippen LogP contribution in [0.3, 0.4) is 0 Å². The number of alkyl halides is 3. The number of fused-ring (bicyclic) bond motifs is 1. The molecule has 25 heavy (non-hydrogen) atoms. The molecule has 2 aromatic rings. The first-order valence-electron chi connectivity index (χ1n) is 7.54. The monoisotopic (exact) mass is 352 g/mol. The first-order chi connectivity index (χ1) is 11.8. The highest BCUT2D eigenvalue weighted by Gasteiger charge is 2.46. The van der Waals surface area contributed by atoms with Gasteiger partial charge in [-0.25, -0.2) is 9.48 Å². The van der Waals surface area contributed by atoms with Crippen LogP contribution in [0.1, 0.15) is 24.1 Å². The van der Waals surface area contributed by atoms with Gasteiger partial charge in [0.25, 0.3) is 0 Å². The maximum Gasteiger partial charge on any atom is 0.431 e. The number of rotatable bonds is 3. The smallest absolute Gasteiger partial charge is 0.431 e. The second kappa shape index (κ2) is 6.23. The molecule has 0 unspecified atom stereocenters. The van der Waals surface area contributed by atoms with E-state index in [0.717, 1.165) is 11.9 Å². The first kappa shape index (κ1) is 17.0. The molecular formula is C16H15F3N4O2. The quantitative estimate of drug-likeness (QED) is 0.860. The zero-order valence-electron chi connectivity index (χ0n) is 13.5. The van der Waals surface area contributed by atoms with Crippen LogP contribution in [0.25, 0.3) is 0 Å². The Morgan fingerprint density at radius 1 is 1.32 bits per heavy atom. The molecule has 0 bridgehead atoms. The van der Waals surface area contributed by atoms with Crippen molar-refractivity contribution in [1.82, 2.24) is 14.8 Å². The summed E-state index contributed by atoms with van der Waals surface area (Å²) in [6.07, 6.45) is -3.64. The van der Waals surface area contributed by atoms with Gasteiger partial charge in [-0.2, -0.15) is 23.3 Å². The van der Waals surface area contributed by atoms with Gasteiger partial charge in [-0.3, -0.25) is 0 Å². The topological polar surface area (TPSA) is 69.0 Å². The van der Waals surface area contributed by atoms with E-state index in [1.54, 1.807) is 24.3 Å². The maximum atomic E-state index is 13.6. The van der Waals surface area contributed by atoms with Crippen LogP contribution in [-0.4, -0.2) is 33.5 Å². The standard InChI is InChI=1S/C16H15F3N4O2/c1-3-25-14(24)11-12(10-6-4-9(2)5-7-10)23-15(20-8-21-23)22-13(11)16(17,18)19/h4-8,12H,3H2,1-2H3,(H,20,21,22)/t12-/m1/s1. The number of esters is 1. The van der Waals surface area contributed by atoms with Gasteiger partial charge in [0.05, 0.1) is 12.2 Å². The Bertz CT molecular complexity index is 825. The van der Waals surface area contributed by atoms with Gasteiger partial charge in [0.15, 0.2) is 0 Å². The highest BCUT2D eigenvalue weighted by Crippen LogP contribution is 2.41. The van der Waals surface area contributed by atoms with Gasteiger partial charge in [0, 0.05) is 0 Å². The Labute approximate surface area is 141 Å². The van der Waals surface area contributed by atoms with Crippen LogP contribution in [-0.2, 0) is 9.53 Å². The molecule has 0 saturated carbocycles. The number of aryl methyl sites for hydroxylation is 1. The Hall–Kier alpha value is -2.84. The molecule has 0 fully saturated rings. The average Bonchev–Trinajstić information content (AvgIpc) is 3.01. The van der Waals surface area contributed by atoms with E-state index in [4.69, 9.17) is 4.74 Å². The number of nitrogens with one attached hydrogen (secondary N) is 1. The molecule has 1 aliphatic heterocycles. The van der Waals surface area contributed by atoms with Gasteiger partial charge in [-0.05, 0) is 19.4 Å². The SMILES string of the molecule is CCOC(=O)C1=C(C(F)(F)F)Nc2ncnn2[C@@H]1c1ccc(C)cc1. The lowest BCUT2D eigenvalue weighted by atomic mass is 9.94. The van der Waals surface area contributed by atoms with E-state index in [1.807, 2.05) is 6.92 Å². The zero-order valence-corrected chi connectivity index (χ0v) is 13.5. The number of ether oxygens (including phenoxy) is 1. The lowest BCUT2D eigenvalue weighted by molar-refractivity contribution is -0.140. The van der Waals surface area contributed by atoms with Crippen molar-refractivity contribution in [3.8, 4) is 0 Å². The van der Waals surface area contributed by atoms with E-state index in [0.29, 0.717) is 5.56 Å². The van der Waals surface area contributed by atoms with Crippen molar-refractivity contribution in [3.05, 3.63) is 53.0 Å². The van der Waals surface area contributed by atoms with Crippen LogP contribution in [0.5, 0.6) is 0 Å². The summed E-state index contributed by atoms with van der Waals surface area (Å²) < 4.78 is 46.8. The van der Waals surface area contributed by atoms with Crippen molar-refractivity contribution in [2.75, 3.05) is 11.9 Å². The average molecular weight is 352 g/mol. The minimum Gasteiger partial charge on any atom is -0.463 e. The maximum absolute atomic E-state index is 13.6. The number of carbonyl (C=O) groups is 1. The number of anilines is 1. The lowest BCUT2D eigenvalue weighted by Gasteiger charge is -2.30. The van der Waals surface area contributed by atoms with E-state index in [9.17, 15) is 18.0 Å². The second-order valence-electron chi connectivity index (χ2n) is 5.47. The number of aromatic nitrogens is 3. The lowest BCUT2D eigenvalue weighted by Crippen LogP contribution is -2.35. The molecule has 1 atom stereocenters. The molecular weight excluding hydrogens is 337 g/mol. The Morgan fingerprint density at radius 3 is 2.60 bits per heavy atom. The van der Waals surface area contributed by atoms with E-state index in [1.165, 1.54) is 11.6 Å².